The first-order valence-corrected chi connectivity index (χ1v) is 8.27. The average molecular weight is 334 g/mol. The molecular formula is C21H18O4. The number of furan rings is 1. The Morgan fingerprint density at radius 1 is 1.16 bits per heavy atom. The molecule has 0 fully saturated rings. The first-order chi connectivity index (χ1) is 12.1. The molecule has 25 heavy (non-hydrogen) atoms. The van der Waals surface area contributed by atoms with Gasteiger partial charge in [-0.3, -0.25) is 0 Å². The van der Waals surface area contributed by atoms with Crippen molar-refractivity contribution >= 4 is 11.5 Å². The van der Waals surface area contributed by atoms with E-state index in [0.717, 1.165) is 27.9 Å². The van der Waals surface area contributed by atoms with Crippen molar-refractivity contribution in [3.05, 3.63) is 88.4 Å². The SMILES string of the molecule is CCOC(=O)c1ccc(C2(O)c3ccc(-c4ccccc4)c2c3C)o1. The molecule has 0 saturated carbocycles. The monoisotopic (exact) mass is 334 g/mol. The van der Waals surface area contributed by atoms with Crippen LogP contribution in [-0.2, 0) is 10.3 Å². The lowest BCUT2D eigenvalue weighted by Gasteiger charge is -2.45. The number of aliphatic hydroxyl groups is 1. The smallest absolute Gasteiger partial charge is 0.374 e. The summed E-state index contributed by atoms with van der Waals surface area (Å²) in [6.07, 6.45) is 3.92. The molecule has 2 aromatic rings. The normalized spacial score (nSPS) is 21.4. The molecule has 4 nitrogen and oxygen atoms in total. The largest absolute Gasteiger partial charge is 0.460 e. The van der Waals surface area contributed by atoms with E-state index in [0.29, 0.717) is 5.76 Å². The number of hydrogen-bond donors (Lipinski definition) is 1. The van der Waals surface area contributed by atoms with E-state index in [2.05, 4.69) is 0 Å². The van der Waals surface area contributed by atoms with Crippen LogP contribution in [-0.4, -0.2) is 17.7 Å². The summed E-state index contributed by atoms with van der Waals surface area (Å²) in [6.45, 7) is 4.00. The molecule has 2 aliphatic rings. The quantitative estimate of drug-likeness (QED) is 0.859. The van der Waals surface area contributed by atoms with Crippen LogP contribution in [0.5, 0.6) is 0 Å². The first-order valence-electron chi connectivity index (χ1n) is 8.27. The van der Waals surface area contributed by atoms with Gasteiger partial charge < -0.3 is 14.3 Å². The minimum Gasteiger partial charge on any atom is -0.460 e. The van der Waals surface area contributed by atoms with Crippen molar-refractivity contribution in [2.45, 2.75) is 19.4 Å². The molecule has 126 valence electrons. The third kappa shape index (κ3) is 2.14. The predicted molar refractivity (Wildman–Crippen MR) is 93.8 cm³/mol. The van der Waals surface area contributed by atoms with Crippen LogP contribution in [0.2, 0.25) is 0 Å². The van der Waals surface area contributed by atoms with Gasteiger partial charge in [-0.05, 0) is 48.3 Å². The number of hydrogen-bond acceptors (Lipinski definition) is 4. The molecule has 2 bridgehead atoms. The maximum Gasteiger partial charge on any atom is 0.374 e. The highest BCUT2D eigenvalue weighted by Gasteiger charge is 2.53. The molecule has 1 heterocycles. The van der Waals surface area contributed by atoms with Crippen LogP contribution < -0.4 is 0 Å². The zero-order valence-electron chi connectivity index (χ0n) is 14.1. The second-order valence-electron chi connectivity index (χ2n) is 6.12. The van der Waals surface area contributed by atoms with Gasteiger partial charge in [0.15, 0.2) is 5.60 Å². The van der Waals surface area contributed by atoms with Gasteiger partial charge in [0.2, 0.25) is 5.76 Å². The molecule has 4 heteroatoms. The van der Waals surface area contributed by atoms with Crippen molar-refractivity contribution in [2.24, 2.45) is 0 Å². The Bertz CT molecular complexity index is 943. The third-order valence-corrected chi connectivity index (χ3v) is 4.74. The van der Waals surface area contributed by atoms with E-state index in [1.807, 2.05) is 49.4 Å². The highest BCUT2D eigenvalue weighted by atomic mass is 16.5. The molecule has 1 N–H and O–H groups in total. The number of allylic oxidation sites excluding steroid dienone is 2. The zero-order chi connectivity index (χ0) is 17.6. The van der Waals surface area contributed by atoms with E-state index < -0.39 is 11.6 Å². The molecular weight excluding hydrogens is 316 g/mol. The lowest BCUT2D eigenvalue weighted by Crippen LogP contribution is -2.42. The van der Waals surface area contributed by atoms with Crippen LogP contribution in [0.4, 0.5) is 0 Å². The fourth-order valence-corrected chi connectivity index (χ4v) is 3.60. The van der Waals surface area contributed by atoms with Gasteiger partial charge in [0.1, 0.15) is 5.76 Å². The summed E-state index contributed by atoms with van der Waals surface area (Å²) in [5.41, 5.74) is 3.33. The number of ether oxygens (including phenoxy) is 1. The van der Waals surface area contributed by atoms with Gasteiger partial charge in [0, 0.05) is 5.57 Å². The molecule has 1 aromatic heterocycles. The number of esters is 1. The molecule has 4 rings (SSSR count). The summed E-state index contributed by atoms with van der Waals surface area (Å²) < 4.78 is 10.6. The van der Waals surface area contributed by atoms with Gasteiger partial charge in [0.05, 0.1) is 6.61 Å². The fraction of sp³-hybridized carbons (Fsp3) is 0.190. The van der Waals surface area contributed by atoms with Crippen molar-refractivity contribution < 1.29 is 19.1 Å². The van der Waals surface area contributed by atoms with Crippen molar-refractivity contribution in [2.75, 3.05) is 6.61 Å². The van der Waals surface area contributed by atoms with E-state index in [1.165, 1.54) is 0 Å². The van der Waals surface area contributed by atoms with Crippen LogP contribution in [0.15, 0.2) is 75.8 Å². The maximum atomic E-state index is 11.9. The molecule has 1 unspecified atom stereocenters. The van der Waals surface area contributed by atoms with Crippen molar-refractivity contribution in [1.29, 1.82) is 0 Å². The van der Waals surface area contributed by atoms with Crippen LogP contribution in [0.25, 0.3) is 5.57 Å². The molecule has 0 saturated heterocycles. The molecule has 0 radical (unpaired) electrons. The Hall–Kier alpha value is -2.85. The highest BCUT2D eigenvalue weighted by Crippen LogP contribution is 2.58. The van der Waals surface area contributed by atoms with E-state index in [1.54, 1.807) is 19.1 Å². The number of fused-ring (bicyclic) bond motifs is 2. The summed E-state index contributed by atoms with van der Waals surface area (Å²) >= 11 is 0. The van der Waals surface area contributed by atoms with Crippen LogP contribution in [0.1, 0.15) is 35.7 Å². The first kappa shape index (κ1) is 15.7. The van der Waals surface area contributed by atoms with Gasteiger partial charge in [0.25, 0.3) is 0 Å². The average Bonchev–Trinajstić information content (AvgIpc) is 3.13. The molecule has 1 atom stereocenters. The topological polar surface area (TPSA) is 59.7 Å². The number of carbonyl (C=O) groups excluding carboxylic acids is 1. The number of benzene rings is 1. The van der Waals surface area contributed by atoms with E-state index in [9.17, 15) is 9.90 Å². The van der Waals surface area contributed by atoms with Gasteiger partial charge >= 0.3 is 5.97 Å². The molecule has 1 aromatic carbocycles. The van der Waals surface area contributed by atoms with Crippen LogP contribution in [0, 0.1) is 0 Å². The van der Waals surface area contributed by atoms with Crippen LogP contribution in [0.3, 0.4) is 0 Å². The predicted octanol–water partition coefficient (Wildman–Crippen LogP) is 4.00. The van der Waals surface area contributed by atoms with Gasteiger partial charge in [-0.2, -0.15) is 0 Å². The van der Waals surface area contributed by atoms with Gasteiger partial charge in [-0.15, -0.1) is 0 Å². The Balaban J connectivity index is 1.74. The van der Waals surface area contributed by atoms with E-state index in [-0.39, 0.29) is 12.4 Å². The summed E-state index contributed by atoms with van der Waals surface area (Å²) in [4.78, 5) is 11.9. The highest BCUT2D eigenvalue weighted by molar-refractivity contribution is 5.93. The summed E-state index contributed by atoms with van der Waals surface area (Å²) in [5, 5.41) is 11.4. The minimum atomic E-state index is -1.32. The summed E-state index contributed by atoms with van der Waals surface area (Å²) in [6, 6.07) is 13.1. The third-order valence-electron chi connectivity index (χ3n) is 4.74. The summed E-state index contributed by atoms with van der Waals surface area (Å²) in [5.74, 6) is -0.0939. The lowest BCUT2D eigenvalue weighted by molar-refractivity contribution is 0.0460. The van der Waals surface area contributed by atoms with Crippen molar-refractivity contribution in [3.8, 4) is 0 Å². The zero-order valence-corrected chi connectivity index (χ0v) is 14.1. The maximum absolute atomic E-state index is 11.9. The summed E-state index contributed by atoms with van der Waals surface area (Å²) in [7, 11) is 0. The van der Waals surface area contributed by atoms with Gasteiger partial charge in [-0.1, -0.05) is 42.5 Å². The molecule has 2 aliphatic carbocycles. The fourth-order valence-electron chi connectivity index (χ4n) is 3.60. The Morgan fingerprint density at radius 3 is 2.60 bits per heavy atom. The minimum absolute atomic E-state index is 0.0966. The molecule has 0 spiro atoms. The van der Waals surface area contributed by atoms with Gasteiger partial charge in [-0.25, -0.2) is 4.79 Å². The molecule has 0 amide bonds. The number of carbonyl (C=O) groups is 1. The van der Waals surface area contributed by atoms with Crippen LogP contribution >= 0.6 is 0 Å². The van der Waals surface area contributed by atoms with E-state index in [4.69, 9.17) is 9.15 Å². The van der Waals surface area contributed by atoms with Crippen molar-refractivity contribution in [3.63, 3.8) is 0 Å². The second kappa shape index (κ2) is 5.60. The van der Waals surface area contributed by atoms with E-state index >= 15 is 0 Å². The Morgan fingerprint density at radius 2 is 1.92 bits per heavy atom. The number of rotatable bonds is 4. The molecule has 0 aliphatic heterocycles. The van der Waals surface area contributed by atoms with Crippen molar-refractivity contribution in [1.82, 2.24) is 0 Å². The Labute approximate surface area is 145 Å². The second-order valence-corrected chi connectivity index (χ2v) is 6.12. The lowest BCUT2D eigenvalue weighted by atomic mass is 9.61. The standard InChI is InChI=1S/C21H18O4/c1-3-24-20(22)17-11-12-18(25-17)21(23)16-10-9-15(19(21)13(16)2)14-7-5-4-6-8-14/h4-12,23H,3H2,1-2H3. The Kier molecular flexibility index (Phi) is 3.51.